The van der Waals surface area contributed by atoms with Crippen molar-refractivity contribution in [3.8, 4) is 0 Å². The van der Waals surface area contributed by atoms with Crippen LogP contribution >= 0.6 is 11.3 Å². The average molecular weight is 468 g/mol. The number of aliphatic hydroxyl groups excluding tert-OH is 1. The van der Waals surface area contributed by atoms with Gasteiger partial charge in [-0.05, 0) is 18.6 Å². The predicted octanol–water partition coefficient (Wildman–Crippen LogP) is 1.81. The molecule has 5 heterocycles. The first-order chi connectivity index (χ1) is 15.8. The standard InChI is InChI=1S/C21H21N7O4S/c1-11-7-15(27-8-12(9-27)19(30)25-14-3-4-23-26(14)2)24-18-16(11)17(29)13(20(31)32)10-28(18)21-22-5-6-33-21/h3-7,10,12,17,29H,8-9H2,1-2H3,(H,25,30)(H,31,32). The molecular weight excluding hydrogens is 446 g/mol. The first-order valence-corrected chi connectivity index (χ1v) is 11.1. The molecule has 170 valence electrons. The summed E-state index contributed by atoms with van der Waals surface area (Å²) in [5.41, 5.74) is 0.991. The number of hydrogen-bond acceptors (Lipinski definition) is 9. The van der Waals surface area contributed by atoms with E-state index in [1.807, 2.05) is 17.9 Å². The van der Waals surface area contributed by atoms with Gasteiger partial charge in [0.15, 0.2) is 5.13 Å². The summed E-state index contributed by atoms with van der Waals surface area (Å²) in [5, 5.41) is 29.6. The van der Waals surface area contributed by atoms with Crippen molar-refractivity contribution in [2.75, 3.05) is 28.2 Å². The summed E-state index contributed by atoms with van der Waals surface area (Å²) >= 11 is 1.34. The zero-order valence-electron chi connectivity index (χ0n) is 17.8. The highest BCUT2D eigenvalue weighted by molar-refractivity contribution is 7.13. The van der Waals surface area contributed by atoms with Crippen molar-refractivity contribution < 1.29 is 19.8 Å². The first kappa shape index (κ1) is 21.1. The minimum atomic E-state index is -1.30. The Hall–Kier alpha value is -3.77. The molecule has 1 saturated heterocycles. The summed E-state index contributed by atoms with van der Waals surface area (Å²) in [5.74, 6) is 0.228. The summed E-state index contributed by atoms with van der Waals surface area (Å²) in [6.45, 7) is 2.79. The summed E-state index contributed by atoms with van der Waals surface area (Å²) in [4.78, 5) is 36.9. The highest BCUT2D eigenvalue weighted by atomic mass is 32.1. The molecule has 12 heteroatoms. The number of fused-ring (bicyclic) bond motifs is 1. The van der Waals surface area contributed by atoms with Crippen molar-refractivity contribution in [3.63, 3.8) is 0 Å². The maximum Gasteiger partial charge on any atom is 0.336 e. The number of hydrogen-bond donors (Lipinski definition) is 3. The third kappa shape index (κ3) is 3.62. The number of aliphatic carboxylic acids is 1. The molecule has 0 spiro atoms. The third-order valence-electron chi connectivity index (χ3n) is 5.82. The van der Waals surface area contributed by atoms with Crippen molar-refractivity contribution in [2.24, 2.45) is 13.0 Å². The molecule has 1 unspecified atom stereocenters. The number of aromatic nitrogens is 4. The number of carbonyl (C=O) groups is 2. The van der Waals surface area contributed by atoms with E-state index in [9.17, 15) is 19.8 Å². The Morgan fingerprint density at radius 3 is 2.70 bits per heavy atom. The van der Waals surface area contributed by atoms with Gasteiger partial charge in [-0.1, -0.05) is 0 Å². The predicted molar refractivity (Wildman–Crippen MR) is 121 cm³/mol. The third-order valence-corrected chi connectivity index (χ3v) is 6.59. The van der Waals surface area contributed by atoms with Crippen LogP contribution in [0.15, 0.2) is 41.7 Å². The fourth-order valence-electron chi connectivity index (χ4n) is 3.97. The van der Waals surface area contributed by atoms with Gasteiger partial charge >= 0.3 is 5.97 Å². The number of thiazole rings is 1. The molecule has 3 aromatic heterocycles. The maximum absolute atomic E-state index is 12.6. The second kappa shape index (κ2) is 7.98. The molecule has 0 bridgehead atoms. The lowest BCUT2D eigenvalue weighted by Crippen LogP contribution is -2.52. The number of aryl methyl sites for hydroxylation is 2. The molecule has 1 fully saturated rings. The average Bonchev–Trinajstić information content (AvgIpc) is 3.39. The van der Waals surface area contributed by atoms with E-state index in [-0.39, 0.29) is 17.4 Å². The quantitative estimate of drug-likeness (QED) is 0.513. The van der Waals surface area contributed by atoms with Crippen LogP contribution in [0.5, 0.6) is 0 Å². The zero-order valence-corrected chi connectivity index (χ0v) is 18.7. The minimum absolute atomic E-state index is 0.0848. The number of carboxylic acid groups (broad SMARTS) is 1. The van der Waals surface area contributed by atoms with E-state index in [2.05, 4.69) is 15.4 Å². The largest absolute Gasteiger partial charge is 0.478 e. The van der Waals surface area contributed by atoms with Gasteiger partial charge in [-0.2, -0.15) is 5.10 Å². The molecule has 1 amide bonds. The van der Waals surface area contributed by atoms with E-state index < -0.39 is 12.1 Å². The van der Waals surface area contributed by atoms with Crippen LogP contribution in [0.25, 0.3) is 0 Å². The monoisotopic (exact) mass is 467 g/mol. The van der Waals surface area contributed by atoms with Crippen molar-refractivity contribution in [1.82, 2.24) is 19.7 Å². The van der Waals surface area contributed by atoms with E-state index in [4.69, 9.17) is 4.98 Å². The lowest BCUT2D eigenvalue weighted by Gasteiger charge is -2.40. The van der Waals surface area contributed by atoms with Crippen molar-refractivity contribution in [2.45, 2.75) is 13.0 Å². The fraction of sp³-hybridized carbons (Fsp3) is 0.286. The number of nitrogens with zero attached hydrogens (tertiary/aromatic N) is 6. The Morgan fingerprint density at radius 1 is 1.27 bits per heavy atom. The number of amides is 1. The van der Waals surface area contributed by atoms with Gasteiger partial charge in [-0.25, -0.2) is 14.8 Å². The van der Waals surface area contributed by atoms with Gasteiger partial charge in [-0.3, -0.25) is 14.4 Å². The number of anilines is 4. The van der Waals surface area contributed by atoms with E-state index in [0.717, 1.165) is 0 Å². The van der Waals surface area contributed by atoms with Crippen LogP contribution in [-0.4, -0.2) is 54.9 Å². The zero-order chi connectivity index (χ0) is 23.3. The minimum Gasteiger partial charge on any atom is -0.478 e. The maximum atomic E-state index is 12.6. The molecule has 0 radical (unpaired) electrons. The van der Waals surface area contributed by atoms with E-state index >= 15 is 0 Å². The van der Waals surface area contributed by atoms with Crippen LogP contribution in [0, 0.1) is 12.8 Å². The molecule has 0 saturated carbocycles. The van der Waals surface area contributed by atoms with Gasteiger partial charge in [0, 0.05) is 49.5 Å². The van der Waals surface area contributed by atoms with Gasteiger partial charge < -0.3 is 20.4 Å². The highest BCUT2D eigenvalue weighted by Gasteiger charge is 2.37. The molecule has 0 aliphatic carbocycles. The van der Waals surface area contributed by atoms with Crippen LogP contribution in [-0.2, 0) is 16.6 Å². The topological polar surface area (TPSA) is 137 Å². The van der Waals surface area contributed by atoms with Crippen molar-refractivity contribution in [1.29, 1.82) is 0 Å². The highest BCUT2D eigenvalue weighted by Crippen LogP contribution is 2.43. The Morgan fingerprint density at radius 2 is 2.06 bits per heavy atom. The first-order valence-electron chi connectivity index (χ1n) is 10.2. The Balaban J connectivity index is 1.41. The molecule has 2 aliphatic rings. The van der Waals surface area contributed by atoms with Gasteiger partial charge in [0.1, 0.15) is 23.6 Å². The molecule has 2 aliphatic heterocycles. The number of rotatable bonds is 5. The van der Waals surface area contributed by atoms with Crippen LogP contribution in [0.3, 0.4) is 0 Å². The van der Waals surface area contributed by atoms with Crippen molar-refractivity contribution >= 4 is 45.8 Å². The molecule has 1 atom stereocenters. The summed E-state index contributed by atoms with van der Waals surface area (Å²) < 4.78 is 1.60. The van der Waals surface area contributed by atoms with E-state index in [0.29, 0.717) is 46.8 Å². The summed E-state index contributed by atoms with van der Waals surface area (Å²) in [6, 6.07) is 3.54. The number of carbonyl (C=O) groups excluding carboxylic acids is 1. The second-order valence-corrected chi connectivity index (χ2v) is 8.82. The Labute approximate surface area is 192 Å². The van der Waals surface area contributed by atoms with E-state index in [1.54, 1.807) is 40.5 Å². The molecule has 5 rings (SSSR count). The smallest absolute Gasteiger partial charge is 0.336 e. The fourth-order valence-corrected chi connectivity index (χ4v) is 4.59. The number of aliphatic hydroxyl groups is 1. The van der Waals surface area contributed by atoms with Crippen LogP contribution in [0.1, 0.15) is 17.2 Å². The number of nitrogens with one attached hydrogen (secondary N) is 1. The molecule has 33 heavy (non-hydrogen) atoms. The summed E-state index contributed by atoms with van der Waals surface area (Å²) in [6.07, 6.45) is 3.31. The van der Waals surface area contributed by atoms with Gasteiger partial charge in [-0.15, -0.1) is 11.3 Å². The van der Waals surface area contributed by atoms with E-state index in [1.165, 1.54) is 17.5 Å². The van der Waals surface area contributed by atoms with Gasteiger partial charge in [0.25, 0.3) is 0 Å². The van der Waals surface area contributed by atoms with Crippen molar-refractivity contribution in [3.05, 3.63) is 52.8 Å². The lowest BCUT2D eigenvalue weighted by atomic mass is 9.94. The van der Waals surface area contributed by atoms with Gasteiger partial charge in [0.2, 0.25) is 5.91 Å². The van der Waals surface area contributed by atoms with Gasteiger partial charge in [0.05, 0.1) is 17.7 Å². The lowest BCUT2D eigenvalue weighted by molar-refractivity contribution is -0.133. The SMILES string of the molecule is Cc1cc(N2CC(C(=O)Nc3ccnn3C)C2)nc2c1C(O)C(C(=O)O)=CN2c1nccs1. The molecule has 3 N–H and O–H groups in total. The number of pyridine rings is 1. The van der Waals surface area contributed by atoms with Crippen LogP contribution in [0.4, 0.5) is 22.6 Å². The molecule has 3 aromatic rings. The summed E-state index contributed by atoms with van der Waals surface area (Å²) in [7, 11) is 1.76. The molecular formula is C21H21N7O4S. The molecule has 11 nitrogen and oxygen atoms in total. The normalized spacial score (nSPS) is 17.9. The number of carboxylic acids is 1. The Bertz CT molecular complexity index is 1260. The van der Waals surface area contributed by atoms with Crippen LogP contribution in [0.2, 0.25) is 0 Å². The van der Waals surface area contributed by atoms with Crippen LogP contribution < -0.4 is 15.1 Å². The molecule has 0 aromatic carbocycles. The second-order valence-electron chi connectivity index (χ2n) is 7.94. The Kier molecular flexibility index (Phi) is 5.10.